The second kappa shape index (κ2) is 8.50. The second-order valence-electron chi connectivity index (χ2n) is 7.91. The largest absolute Gasteiger partial charge is 0.426 e. The van der Waals surface area contributed by atoms with Crippen molar-refractivity contribution in [3.05, 3.63) is 74.5 Å². The van der Waals surface area contributed by atoms with Crippen molar-refractivity contribution in [1.29, 1.82) is 0 Å². The molecule has 6 heteroatoms. The van der Waals surface area contributed by atoms with E-state index < -0.39 is 11.1 Å². The highest BCUT2D eigenvalue weighted by molar-refractivity contribution is 7.12. The second-order valence-corrected chi connectivity index (χ2v) is 9.01. The quantitative estimate of drug-likeness (QED) is 0.446. The van der Waals surface area contributed by atoms with Gasteiger partial charge in [-0.1, -0.05) is 31.2 Å². The Balaban J connectivity index is 1.74. The lowest BCUT2D eigenvalue weighted by molar-refractivity contribution is -0.133. The number of carbonyl (C=O) groups excluding carboxylic acids is 1. The first-order valence-electron chi connectivity index (χ1n) is 10.5. The van der Waals surface area contributed by atoms with E-state index >= 15 is 0 Å². The van der Waals surface area contributed by atoms with E-state index in [0.717, 1.165) is 45.7 Å². The highest BCUT2D eigenvalue weighted by Crippen LogP contribution is 2.48. The number of rotatable bonds is 4. The predicted molar refractivity (Wildman–Crippen MR) is 120 cm³/mol. The summed E-state index contributed by atoms with van der Waals surface area (Å²) in [6, 6.07) is 12.6. The molecule has 0 radical (unpaired) electrons. The lowest BCUT2D eigenvalue weighted by Gasteiger charge is -2.17. The molecule has 1 heterocycles. The van der Waals surface area contributed by atoms with E-state index in [1.54, 1.807) is 24.3 Å². The first kappa shape index (κ1) is 21.6. The van der Waals surface area contributed by atoms with Crippen LogP contribution < -0.4 is 5.32 Å². The van der Waals surface area contributed by atoms with Crippen LogP contribution in [0.3, 0.4) is 0 Å². The van der Waals surface area contributed by atoms with E-state index in [-0.39, 0.29) is 5.91 Å². The lowest BCUT2D eigenvalue weighted by Crippen LogP contribution is -2.14. The molecule has 1 aromatic heterocycles. The van der Waals surface area contributed by atoms with Crippen molar-refractivity contribution in [3.8, 4) is 11.1 Å². The normalized spacial score (nSPS) is 13.7. The zero-order chi connectivity index (χ0) is 22.2. The number of alkyl halides is 3. The summed E-state index contributed by atoms with van der Waals surface area (Å²) >= 11 is 0.896. The van der Waals surface area contributed by atoms with Gasteiger partial charge in [-0.3, -0.25) is 4.79 Å². The molecule has 0 spiro atoms. The fourth-order valence-corrected chi connectivity index (χ4v) is 5.53. The van der Waals surface area contributed by atoms with Gasteiger partial charge in [0.15, 0.2) is 0 Å². The van der Waals surface area contributed by atoms with Crippen molar-refractivity contribution in [2.24, 2.45) is 0 Å². The molecule has 3 aromatic rings. The van der Waals surface area contributed by atoms with E-state index in [2.05, 4.69) is 5.32 Å². The van der Waals surface area contributed by atoms with Gasteiger partial charge in [0.2, 0.25) is 0 Å². The van der Waals surface area contributed by atoms with Crippen molar-refractivity contribution < 1.29 is 18.0 Å². The predicted octanol–water partition coefficient (Wildman–Crippen LogP) is 7.44. The Labute approximate surface area is 184 Å². The summed E-state index contributed by atoms with van der Waals surface area (Å²) in [5.74, 6) is -0.218. The maximum Gasteiger partial charge on any atom is 0.426 e. The molecule has 2 aromatic carbocycles. The maximum atomic E-state index is 13.8. The summed E-state index contributed by atoms with van der Waals surface area (Å²) in [4.78, 5) is 13.1. The summed E-state index contributed by atoms with van der Waals surface area (Å²) in [7, 11) is 0. The van der Waals surface area contributed by atoms with Crippen molar-refractivity contribution >= 4 is 22.9 Å². The third-order valence-corrected chi connectivity index (χ3v) is 7.18. The number of halogens is 3. The fraction of sp³-hybridized carbons (Fsp3) is 0.320. The van der Waals surface area contributed by atoms with Gasteiger partial charge < -0.3 is 5.32 Å². The highest BCUT2D eigenvalue weighted by atomic mass is 32.1. The Morgan fingerprint density at radius 3 is 2.55 bits per heavy atom. The number of amides is 1. The van der Waals surface area contributed by atoms with Gasteiger partial charge in [-0.25, -0.2) is 0 Å². The molecule has 0 aliphatic heterocycles. The average Bonchev–Trinajstić information content (AvgIpc) is 3.14. The number of hydrogen-bond acceptors (Lipinski definition) is 2. The zero-order valence-corrected chi connectivity index (χ0v) is 18.3. The topological polar surface area (TPSA) is 29.1 Å². The molecule has 1 aliphatic rings. The number of hydrogen-bond donors (Lipinski definition) is 1. The Morgan fingerprint density at radius 1 is 1.10 bits per heavy atom. The minimum Gasteiger partial charge on any atom is -0.322 e. The molecule has 0 saturated heterocycles. The molecular formula is C25H24F3NOS. The van der Waals surface area contributed by atoms with Crippen LogP contribution in [-0.4, -0.2) is 5.91 Å². The molecular weight excluding hydrogens is 419 g/mol. The lowest BCUT2D eigenvalue weighted by atomic mass is 9.90. The highest BCUT2D eigenvalue weighted by Gasteiger charge is 2.39. The van der Waals surface area contributed by atoms with Gasteiger partial charge in [0.25, 0.3) is 5.91 Å². The number of carbonyl (C=O) groups is 1. The van der Waals surface area contributed by atoms with E-state index in [1.807, 2.05) is 32.0 Å². The molecule has 1 aliphatic carbocycles. The molecule has 0 saturated carbocycles. The summed E-state index contributed by atoms with van der Waals surface area (Å²) < 4.78 is 41.5. The van der Waals surface area contributed by atoms with Crippen molar-refractivity contribution in [2.75, 3.05) is 5.32 Å². The molecule has 4 rings (SSSR count). The Hall–Kier alpha value is -2.60. The van der Waals surface area contributed by atoms with Gasteiger partial charge in [0, 0.05) is 21.7 Å². The Bertz CT molecular complexity index is 1130. The van der Waals surface area contributed by atoms with Gasteiger partial charge in [-0.2, -0.15) is 13.2 Å². The minimum atomic E-state index is -4.37. The number of benzene rings is 2. The Kier molecular flexibility index (Phi) is 5.93. The molecule has 31 heavy (non-hydrogen) atoms. The van der Waals surface area contributed by atoms with Crippen LogP contribution in [0.2, 0.25) is 0 Å². The van der Waals surface area contributed by atoms with E-state index in [9.17, 15) is 18.0 Å². The van der Waals surface area contributed by atoms with Gasteiger partial charge in [-0.15, -0.1) is 11.3 Å². The third-order valence-electron chi connectivity index (χ3n) is 5.84. The smallest absolute Gasteiger partial charge is 0.322 e. The third kappa shape index (κ3) is 4.26. The van der Waals surface area contributed by atoms with Crippen LogP contribution in [0.15, 0.2) is 42.5 Å². The SMILES string of the molecule is CCc1cc(-c2c(C(F)(F)F)sc3c2CCCC3)ccc1NC(=O)c1ccccc1C. The van der Waals surface area contributed by atoms with Crippen LogP contribution in [0.1, 0.15) is 56.6 Å². The molecule has 2 nitrogen and oxygen atoms in total. The van der Waals surface area contributed by atoms with Crippen molar-refractivity contribution in [1.82, 2.24) is 0 Å². The van der Waals surface area contributed by atoms with Gasteiger partial charge in [0.1, 0.15) is 4.88 Å². The van der Waals surface area contributed by atoms with Crippen LogP contribution in [0.4, 0.5) is 18.9 Å². The van der Waals surface area contributed by atoms with Crippen LogP contribution in [0.5, 0.6) is 0 Å². The maximum absolute atomic E-state index is 13.8. The van der Waals surface area contributed by atoms with Crippen molar-refractivity contribution in [3.63, 3.8) is 0 Å². The van der Waals surface area contributed by atoms with Gasteiger partial charge >= 0.3 is 6.18 Å². The van der Waals surface area contributed by atoms with Crippen LogP contribution in [-0.2, 0) is 25.4 Å². The summed E-state index contributed by atoms with van der Waals surface area (Å²) in [6.45, 7) is 3.81. The summed E-state index contributed by atoms with van der Waals surface area (Å²) in [5, 5.41) is 2.94. The van der Waals surface area contributed by atoms with Gasteiger partial charge in [-0.05, 0) is 79.5 Å². The molecule has 0 bridgehead atoms. The average molecular weight is 444 g/mol. The zero-order valence-electron chi connectivity index (χ0n) is 17.5. The molecule has 0 unspecified atom stereocenters. The van der Waals surface area contributed by atoms with E-state index in [1.165, 1.54) is 0 Å². The van der Waals surface area contributed by atoms with E-state index in [4.69, 9.17) is 0 Å². The van der Waals surface area contributed by atoms with Crippen molar-refractivity contribution in [2.45, 2.75) is 52.1 Å². The molecule has 0 atom stereocenters. The van der Waals surface area contributed by atoms with E-state index in [0.29, 0.717) is 41.6 Å². The van der Waals surface area contributed by atoms with Gasteiger partial charge in [0.05, 0.1) is 0 Å². The number of thiophene rings is 1. The summed E-state index contributed by atoms with van der Waals surface area (Å²) in [5.41, 5.74) is 4.67. The van der Waals surface area contributed by atoms with Crippen LogP contribution >= 0.6 is 11.3 Å². The number of nitrogens with one attached hydrogen (secondary N) is 1. The monoisotopic (exact) mass is 443 g/mol. The standard InChI is InChI=1S/C25H24F3NOS/c1-3-16-14-17(12-13-20(16)29-24(30)18-9-5-4-8-15(18)2)22-19-10-6-7-11-21(19)31-23(22)25(26,27)28/h4-5,8-9,12-14H,3,6-7,10-11H2,1-2H3,(H,29,30). The first-order chi connectivity index (χ1) is 14.8. The van der Waals surface area contributed by atoms with Crippen LogP contribution in [0.25, 0.3) is 11.1 Å². The molecule has 162 valence electrons. The summed E-state index contributed by atoms with van der Waals surface area (Å²) in [6.07, 6.45) is -0.515. The first-order valence-corrected chi connectivity index (χ1v) is 11.3. The number of aryl methyl sites for hydroxylation is 3. The number of fused-ring (bicyclic) bond motifs is 1. The minimum absolute atomic E-state index is 0.218. The molecule has 1 N–H and O–H groups in total. The fourth-order valence-electron chi connectivity index (χ4n) is 4.25. The van der Waals surface area contributed by atoms with Crippen LogP contribution in [0, 0.1) is 6.92 Å². The number of anilines is 1. The Morgan fingerprint density at radius 2 is 1.84 bits per heavy atom. The molecule has 1 amide bonds. The molecule has 0 fully saturated rings.